The first kappa shape index (κ1) is 10.9. The molecule has 3 heteroatoms. The van der Waals surface area contributed by atoms with E-state index < -0.39 is 0 Å². The van der Waals surface area contributed by atoms with Crippen LogP contribution in [0.3, 0.4) is 0 Å². The Morgan fingerprint density at radius 3 is 1.86 bits per heavy atom. The van der Waals surface area contributed by atoms with E-state index in [0.29, 0.717) is 23.7 Å². The number of rotatable bonds is 3. The number of hydrogen-bond acceptors (Lipinski definition) is 2. The standard InChI is InChI=1S/C11H11ClO2/c1-7(2)8-3-9(5-13)11(12)10(4-8)6-14/h3-7H,1-2H3. The average Bonchev–Trinajstić information content (AvgIpc) is 2.17. The molecule has 0 amide bonds. The van der Waals surface area contributed by atoms with E-state index in [1.165, 1.54) is 0 Å². The van der Waals surface area contributed by atoms with Gasteiger partial charge >= 0.3 is 0 Å². The van der Waals surface area contributed by atoms with Gasteiger partial charge in [-0.3, -0.25) is 9.59 Å². The normalized spacial score (nSPS) is 10.3. The van der Waals surface area contributed by atoms with Crippen molar-refractivity contribution in [1.29, 1.82) is 0 Å². The van der Waals surface area contributed by atoms with Gasteiger partial charge in [0, 0.05) is 11.1 Å². The van der Waals surface area contributed by atoms with Crippen molar-refractivity contribution in [3.8, 4) is 0 Å². The molecule has 0 aliphatic rings. The molecule has 0 radical (unpaired) electrons. The molecule has 0 heterocycles. The SMILES string of the molecule is CC(C)c1cc(C=O)c(Cl)c(C=O)c1. The fraction of sp³-hybridized carbons (Fsp3) is 0.273. The van der Waals surface area contributed by atoms with E-state index in [-0.39, 0.29) is 10.9 Å². The lowest BCUT2D eigenvalue weighted by Gasteiger charge is -2.08. The number of hydrogen-bond donors (Lipinski definition) is 0. The summed E-state index contributed by atoms with van der Waals surface area (Å²) in [7, 11) is 0. The molecule has 0 N–H and O–H groups in total. The van der Waals surface area contributed by atoms with Crippen LogP contribution in [0, 0.1) is 0 Å². The first-order valence-corrected chi connectivity index (χ1v) is 4.71. The Labute approximate surface area is 87.9 Å². The minimum Gasteiger partial charge on any atom is -0.298 e. The van der Waals surface area contributed by atoms with E-state index in [1.807, 2.05) is 13.8 Å². The van der Waals surface area contributed by atoms with Crippen molar-refractivity contribution in [3.63, 3.8) is 0 Å². The maximum Gasteiger partial charge on any atom is 0.151 e. The van der Waals surface area contributed by atoms with Crippen LogP contribution < -0.4 is 0 Å². The highest BCUT2D eigenvalue weighted by Crippen LogP contribution is 2.24. The van der Waals surface area contributed by atoms with E-state index in [1.54, 1.807) is 12.1 Å². The smallest absolute Gasteiger partial charge is 0.151 e. The number of aldehydes is 2. The fourth-order valence-electron chi connectivity index (χ4n) is 1.20. The van der Waals surface area contributed by atoms with Crippen LogP contribution in [0.1, 0.15) is 46.0 Å². The quantitative estimate of drug-likeness (QED) is 0.719. The van der Waals surface area contributed by atoms with Crippen molar-refractivity contribution in [1.82, 2.24) is 0 Å². The van der Waals surface area contributed by atoms with Gasteiger partial charge in [0.15, 0.2) is 12.6 Å². The van der Waals surface area contributed by atoms with Gasteiger partial charge in [-0.1, -0.05) is 25.4 Å². The number of benzene rings is 1. The zero-order valence-electron chi connectivity index (χ0n) is 8.08. The number of carbonyl (C=O) groups excluding carboxylic acids is 2. The summed E-state index contributed by atoms with van der Waals surface area (Å²) in [4.78, 5) is 21.3. The van der Waals surface area contributed by atoms with Crippen LogP contribution >= 0.6 is 11.6 Å². The molecule has 1 aromatic carbocycles. The summed E-state index contributed by atoms with van der Waals surface area (Å²) in [6, 6.07) is 3.43. The number of carbonyl (C=O) groups is 2. The zero-order valence-corrected chi connectivity index (χ0v) is 8.84. The molecule has 0 fully saturated rings. The number of halogens is 1. The van der Waals surface area contributed by atoms with Crippen LogP contribution in [0.5, 0.6) is 0 Å². The van der Waals surface area contributed by atoms with Crippen LogP contribution in [0.2, 0.25) is 5.02 Å². The summed E-state index contributed by atoms with van der Waals surface area (Å²) in [6.45, 7) is 3.98. The molecule has 0 bridgehead atoms. The molecule has 14 heavy (non-hydrogen) atoms. The largest absolute Gasteiger partial charge is 0.298 e. The maximum atomic E-state index is 10.7. The Balaban J connectivity index is 3.39. The molecule has 74 valence electrons. The molecule has 0 saturated carbocycles. The summed E-state index contributed by atoms with van der Waals surface area (Å²) in [5.74, 6) is 0.268. The monoisotopic (exact) mass is 210 g/mol. The third-order valence-corrected chi connectivity index (χ3v) is 2.51. The second kappa shape index (κ2) is 4.38. The van der Waals surface area contributed by atoms with Crippen LogP contribution in [0.15, 0.2) is 12.1 Å². The van der Waals surface area contributed by atoms with Gasteiger partial charge in [-0.05, 0) is 23.6 Å². The van der Waals surface area contributed by atoms with Crippen LogP contribution in [0.4, 0.5) is 0 Å². The predicted molar refractivity (Wildman–Crippen MR) is 56.3 cm³/mol. The molecule has 0 atom stereocenters. The molecule has 0 aliphatic heterocycles. The van der Waals surface area contributed by atoms with E-state index >= 15 is 0 Å². The van der Waals surface area contributed by atoms with Gasteiger partial charge < -0.3 is 0 Å². The third-order valence-electron chi connectivity index (χ3n) is 2.07. The Morgan fingerprint density at radius 2 is 1.57 bits per heavy atom. The van der Waals surface area contributed by atoms with Crippen molar-refractivity contribution in [2.45, 2.75) is 19.8 Å². The lowest BCUT2D eigenvalue weighted by Crippen LogP contribution is -1.95. The van der Waals surface area contributed by atoms with Crippen molar-refractivity contribution in [2.24, 2.45) is 0 Å². The second-order valence-corrected chi connectivity index (χ2v) is 3.78. The van der Waals surface area contributed by atoms with Crippen LogP contribution in [0.25, 0.3) is 0 Å². The molecule has 0 unspecified atom stereocenters. The van der Waals surface area contributed by atoms with Crippen molar-refractivity contribution in [2.75, 3.05) is 0 Å². The minimum atomic E-state index is 0.236. The Kier molecular flexibility index (Phi) is 3.42. The first-order valence-electron chi connectivity index (χ1n) is 4.34. The molecule has 0 spiro atoms. The van der Waals surface area contributed by atoms with Crippen LogP contribution in [-0.4, -0.2) is 12.6 Å². The Hall–Kier alpha value is -1.15. The van der Waals surface area contributed by atoms with Gasteiger partial charge in [-0.15, -0.1) is 0 Å². The van der Waals surface area contributed by atoms with Gasteiger partial charge in [0.25, 0.3) is 0 Å². The highest BCUT2D eigenvalue weighted by molar-refractivity contribution is 6.35. The van der Waals surface area contributed by atoms with E-state index in [0.717, 1.165) is 5.56 Å². The van der Waals surface area contributed by atoms with Crippen molar-refractivity contribution >= 4 is 24.2 Å². The van der Waals surface area contributed by atoms with Gasteiger partial charge in [0.2, 0.25) is 0 Å². The minimum absolute atomic E-state index is 0.236. The lowest BCUT2D eigenvalue weighted by atomic mass is 9.98. The van der Waals surface area contributed by atoms with Gasteiger partial charge in [-0.25, -0.2) is 0 Å². The zero-order chi connectivity index (χ0) is 10.7. The summed E-state index contributed by atoms with van der Waals surface area (Å²) < 4.78 is 0. The lowest BCUT2D eigenvalue weighted by molar-refractivity contribution is 0.112. The fourth-order valence-corrected chi connectivity index (χ4v) is 1.40. The maximum absolute atomic E-state index is 10.7. The molecular formula is C11H11ClO2. The van der Waals surface area contributed by atoms with Gasteiger partial charge in [-0.2, -0.15) is 0 Å². The topological polar surface area (TPSA) is 34.1 Å². The van der Waals surface area contributed by atoms with E-state index in [4.69, 9.17) is 11.6 Å². The predicted octanol–water partition coefficient (Wildman–Crippen LogP) is 3.09. The molecule has 0 aromatic heterocycles. The van der Waals surface area contributed by atoms with Gasteiger partial charge in [0.05, 0.1) is 5.02 Å². The Bertz CT molecular complexity index is 341. The third kappa shape index (κ3) is 2.02. The molecule has 2 nitrogen and oxygen atoms in total. The molecule has 0 aliphatic carbocycles. The summed E-state index contributed by atoms with van der Waals surface area (Å²) in [6.07, 6.45) is 1.34. The average molecular weight is 211 g/mol. The summed E-state index contributed by atoms with van der Waals surface area (Å²) >= 11 is 5.82. The van der Waals surface area contributed by atoms with Crippen molar-refractivity contribution < 1.29 is 9.59 Å². The van der Waals surface area contributed by atoms with Crippen LogP contribution in [-0.2, 0) is 0 Å². The van der Waals surface area contributed by atoms with Crippen molar-refractivity contribution in [3.05, 3.63) is 33.8 Å². The Morgan fingerprint density at radius 1 is 1.14 bits per heavy atom. The second-order valence-electron chi connectivity index (χ2n) is 3.40. The highest BCUT2D eigenvalue weighted by Gasteiger charge is 2.09. The molecule has 0 saturated heterocycles. The molecular weight excluding hydrogens is 200 g/mol. The molecule has 1 aromatic rings. The van der Waals surface area contributed by atoms with E-state index in [9.17, 15) is 9.59 Å². The first-order chi connectivity index (χ1) is 6.60. The molecule has 1 rings (SSSR count). The highest BCUT2D eigenvalue weighted by atomic mass is 35.5. The van der Waals surface area contributed by atoms with Gasteiger partial charge in [0.1, 0.15) is 0 Å². The summed E-state index contributed by atoms with van der Waals surface area (Å²) in [5.41, 5.74) is 1.69. The van der Waals surface area contributed by atoms with E-state index in [2.05, 4.69) is 0 Å². The summed E-state index contributed by atoms with van der Waals surface area (Å²) in [5, 5.41) is 0.236.